The van der Waals surface area contributed by atoms with E-state index in [1.807, 2.05) is 0 Å². The quantitative estimate of drug-likeness (QED) is 0.763. The number of halogens is 3. The zero-order chi connectivity index (χ0) is 18.8. The summed E-state index contributed by atoms with van der Waals surface area (Å²) in [5.74, 6) is -2.83. The van der Waals surface area contributed by atoms with Crippen molar-refractivity contribution < 1.29 is 18.0 Å². The standard InChI is InChI=1S/C19H16F3N3O/c1-11(13-7-8-15(20)17(22)9-13)24-19(26)14-10-23-25(12(14)2)18-6-4-3-5-16(18)21/h3-11H,1-2H3,(H,24,26). The Morgan fingerprint density at radius 1 is 1.08 bits per heavy atom. The number of nitrogens with one attached hydrogen (secondary N) is 1. The summed E-state index contributed by atoms with van der Waals surface area (Å²) in [5.41, 5.74) is 1.39. The lowest BCUT2D eigenvalue weighted by Gasteiger charge is -2.14. The van der Waals surface area contributed by atoms with Gasteiger partial charge < -0.3 is 5.32 Å². The predicted octanol–water partition coefficient (Wildman–Crippen LogP) is 4.09. The Balaban J connectivity index is 1.82. The van der Waals surface area contributed by atoms with Crippen LogP contribution in [0.15, 0.2) is 48.7 Å². The molecule has 1 amide bonds. The third-order valence-corrected chi connectivity index (χ3v) is 4.13. The van der Waals surface area contributed by atoms with Crippen LogP contribution in [0.4, 0.5) is 13.2 Å². The molecule has 1 unspecified atom stereocenters. The molecule has 134 valence electrons. The Morgan fingerprint density at radius 3 is 2.50 bits per heavy atom. The maximum Gasteiger partial charge on any atom is 0.255 e. The lowest BCUT2D eigenvalue weighted by molar-refractivity contribution is 0.0939. The van der Waals surface area contributed by atoms with Gasteiger partial charge >= 0.3 is 0 Å². The van der Waals surface area contributed by atoms with E-state index in [9.17, 15) is 18.0 Å². The molecule has 0 saturated heterocycles. The molecule has 0 spiro atoms. The number of rotatable bonds is 4. The first-order valence-electron chi connectivity index (χ1n) is 7.94. The van der Waals surface area contributed by atoms with Crippen molar-refractivity contribution in [1.29, 1.82) is 0 Å². The van der Waals surface area contributed by atoms with Crippen LogP contribution in [0.3, 0.4) is 0 Å². The van der Waals surface area contributed by atoms with Gasteiger partial charge in [-0.3, -0.25) is 4.79 Å². The van der Waals surface area contributed by atoms with Gasteiger partial charge in [0.15, 0.2) is 11.6 Å². The number of aromatic nitrogens is 2. The monoisotopic (exact) mass is 359 g/mol. The van der Waals surface area contributed by atoms with E-state index in [1.165, 1.54) is 23.0 Å². The molecular weight excluding hydrogens is 343 g/mol. The van der Waals surface area contributed by atoms with Gasteiger partial charge in [0.2, 0.25) is 0 Å². The normalized spacial score (nSPS) is 12.0. The molecule has 7 heteroatoms. The van der Waals surface area contributed by atoms with E-state index in [-0.39, 0.29) is 11.3 Å². The number of hydrogen-bond acceptors (Lipinski definition) is 2. The van der Waals surface area contributed by atoms with E-state index in [4.69, 9.17) is 0 Å². The second-order valence-electron chi connectivity index (χ2n) is 5.88. The molecule has 0 radical (unpaired) electrons. The highest BCUT2D eigenvalue weighted by atomic mass is 19.2. The third-order valence-electron chi connectivity index (χ3n) is 4.13. The fourth-order valence-corrected chi connectivity index (χ4v) is 2.64. The summed E-state index contributed by atoms with van der Waals surface area (Å²) in [6.45, 7) is 3.30. The molecule has 0 aliphatic carbocycles. The van der Waals surface area contributed by atoms with Gasteiger partial charge in [0.1, 0.15) is 11.5 Å². The number of benzene rings is 2. The first-order valence-corrected chi connectivity index (χ1v) is 7.94. The molecule has 0 saturated carbocycles. The van der Waals surface area contributed by atoms with E-state index in [0.717, 1.165) is 12.1 Å². The molecule has 1 atom stereocenters. The first-order chi connectivity index (χ1) is 12.4. The minimum absolute atomic E-state index is 0.234. The Bertz CT molecular complexity index is 968. The molecule has 1 aromatic heterocycles. The van der Waals surface area contributed by atoms with Crippen molar-refractivity contribution in [2.75, 3.05) is 0 Å². The summed E-state index contributed by atoms with van der Waals surface area (Å²) in [6, 6.07) is 9.00. The van der Waals surface area contributed by atoms with Crippen LogP contribution in [0, 0.1) is 24.4 Å². The van der Waals surface area contributed by atoms with Gasteiger partial charge in [-0.25, -0.2) is 17.9 Å². The summed E-state index contributed by atoms with van der Waals surface area (Å²) < 4.78 is 41.7. The van der Waals surface area contributed by atoms with Crippen molar-refractivity contribution in [3.8, 4) is 5.69 Å². The van der Waals surface area contributed by atoms with Gasteiger partial charge in [-0.05, 0) is 43.7 Å². The SMILES string of the molecule is Cc1c(C(=O)NC(C)c2ccc(F)c(F)c2)cnn1-c1ccccc1F. The molecule has 1 N–H and O–H groups in total. The highest BCUT2D eigenvalue weighted by Gasteiger charge is 2.19. The number of para-hydroxylation sites is 1. The van der Waals surface area contributed by atoms with Crippen molar-refractivity contribution in [1.82, 2.24) is 15.1 Å². The Hall–Kier alpha value is -3.09. The smallest absolute Gasteiger partial charge is 0.255 e. The number of hydrogen-bond donors (Lipinski definition) is 1. The first kappa shape index (κ1) is 17.7. The summed E-state index contributed by atoms with van der Waals surface area (Å²) in [7, 11) is 0. The number of carbonyl (C=O) groups excluding carboxylic acids is 1. The van der Waals surface area contributed by atoms with Gasteiger partial charge in [-0.1, -0.05) is 18.2 Å². The van der Waals surface area contributed by atoms with Gasteiger partial charge in [-0.15, -0.1) is 0 Å². The highest BCUT2D eigenvalue weighted by molar-refractivity contribution is 5.95. The molecule has 1 heterocycles. The molecule has 3 aromatic rings. The van der Waals surface area contributed by atoms with Gasteiger partial charge in [0.05, 0.1) is 23.5 Å². The zero-order valence-corrected chi connectivity index (χ0v) is 14.1. The maximum atomic E-state index is 13.9. The second kappa shape index (κ2) is 7.03. The van der Waals surface area contributed by atoms with Crippen molar-refractivity contribution in [2.45, 2.75) is 19.9 Å². The Kier molecular flexibility index (Phi) is 4.79. The number of carbonyl (C=O) groups is 1. The molecule has 0 bridgehead atoms. The maximum absolute atomic E-state index is 13.9. The Labute approximate surface area is 148 Å². The summed E-state index contributed by atoms with van der Waals surface area (Å²) >= 11 is 0. The number of amides is 1. The van der Waals surface area contributed by atoms with Crippen LogP contribution in [0.2, 0.25) is 0 Å². The van der Waals surface area contributed by atoms with Crippen LogP contribution in [-0.2, 0) is 0 Å². The fraction of sp³-hybridized carbons (Fsp3) is 0.158. The van der Waals surface area contributed by atoms with Gasteiger partial charge in [0.25, 0.3) is 5.91 Å². The van der Waals surface area contributed by atoms with Crippen molar-refractivity contribution in [3.63, 3.8) is 0 Å². The molecule has 0 aliphatic rings. The molecule has 2 aromatic carbocycles. The highest BCUT2D eigenvalue weighted by Crippen LogP contribution is 2.19. The second-order valence-corrected chi connectivity index (χ2v) is 5.88. The average Bonchev–Trinajstić information content (AvgIpc) is 2.99. The van der Waals surface area contributed by atoms with Crippen LogP contribution in [-0.4, -0.2) is 15.7 Å². The molecule has 4 nitrogen and oxygen atoms in total. The molecule has 26 heavy (non-hydrogen) atoms. The minimum Gasteiger partial charge on any atom is -0.345 e. The largest absolute Gasteiger partial charge is 0.345 e. The lowest BCUT2D eigenvalue weighted by atomic mass is 10.1. The van der Waals surface area contributed by atoms with E-state index in [2.05, 4.69) is 10.4 Å². The van der Waals surface area contributed by atoms with Crippen LogP contribution in [0.25, 0.3) is 5.69 Å². The van der Waals surface area contributed by atoms with Crippen molar-refractivity contribution in [2.24, 2.45) is 0 Å². The molecule has 0 fully saturated rings. The molecule has 3 rings (SSSR count). The lowest BCUT2D eigenvalue weighted by Crippen LogP contribution is -2.27. The molecule has 0 aliphatic heterocycles. The zero-order valence-electron chi connectivity index (χ0n) is 14.1. The predicted molar refractivity (Wildman–Crippen MR) is 90.5 cm³/mol. The van der Waals surface area contributed by atoms with E-state index < -0.39 is 29.4 Å². The molecular formula is C19H16F3N3O. The van der Waals surface area contributed by atoms with Crippen LogP contribution in [0.5, 0.6) is 0 Å². The van der Waals surface area contributed by atoms with Crippen LogP contribution < -0.4 is 5.32 Å². The van der Waals surface area contributed by atoms with E-state index in [0.29, 0.717) is 11.3 Å². The Morgan fingerprint density at radius 2 is 1.81 bits per heavy atom. The van der Waals surface area contributed by atoms with E-state index >= 15 is 0 Å². The summed E-state index contributed by atoms with van der Waals surface area (Å²) in [6.07, 6.45) is 1.34. The van der Waals surface area contributed by atoms with Crippen LogP contribution >= 0.6 is 0 Å². The van der Waals surface area contributed by atoms with Gasteiger partial charge in [-0.2, -0.15) is 5.10 Å². The van der Waals surface area contributed by atoms with Crippen molar-refractivity contribution in [3.05, 3.63) is 82.9 Å². The fourth-order valence-electron chi connectivity index (χ4n) is 2.64. The summed E-state index contributed by atoms with van der Waals surface area (Å²) in [5, 5.41) is 6.78. The summed E-state index contributed by atoms with van der Waals surface area (Å²) in [4.78, 5) is 12.5. The topological polar surface area (TPSA) is 46.9 Å². The number of nitrogens with zero attached hydrogens (tertiary/aromatic N) is 2. The average molecular weight is 359 g/mol. The van der Waals surface area contributed by atoms with E-state index in [1.54, 1.807) is 32.0 Å². The van der Waals surface area contributed by atoms with Crippen LogP contribution in [0.1, 0.15) is 34.6 Å². The van der Waals surface area contributed by atoms with Gasteiger partial charge in [0, 0.05) is 0 Å². The van der Waals surface area contributed by atoms with Crippen molar-refractivity contribution >= 4 is 5.91 Å². The minimum atomic E-state index is -0.979. The third kappa shape index (κ3) is 3.33.